The smallest absolute Gasteiger partial charge is 0.290 e. The number of aromatic nitrogens is 2. The maximum atomic E-state index is 12.8. The average molecular weight is 452 g/mol. The number of hydrazine groups is 1. The highest BCUT2D eigenvalue weighted by molar-refractivity contribution is 8.00. The molecule has 0 fully saturated rings. The monoisotopic (exact) mass is 451 g/mol. The number of carbonyl (C=O) groups is 3. The van der Waals surface area contributed by atoms with E-state index in [0.29, 0.717) is 29.4 Å². The molecule has 0 radical (unpaired) electrons. The Morgan fingerprint density at radius 2 is 1.75 bits per heavy atom. The molecule has 0 atom stereocenters. The van der Waals surface area contributed by atoms with Gasteiger partial charge in [0, 0.05) is 16.8 Å². The molecule has 3 amide bonds. The van der Waals surface area contributed by atoms with Crippen molar-refractivity contribution >= 4 is 45.9 Å². The number of aryl methyl sites for hydroxylation is 1. The molecule has 1 aliphatic rings. The van der Waals surface area contributed by atoms with Crippen molar-refractivity contribution in [2.45, 2.75) is 24.8 Å². The molecule has 1 aromatic heterocycles. The third kappa shape index (κ3) is 4.22. The first-order chi connectivity index (χ1) is 15.5. The van der Waals surface area contributed by atoms with Crippen LogP contribution in [0.1, 0.15) is 23.8 Å². The Morgan fingerprint density at radius 3 is 2.53 bits per heavy atom. The number of hydrogen-bond donors (Lipinski definition) is 2. The van der Waals surface area contributed by atoms with Crippen LogP contribution in [-0.2, 0) is 16.1 Å². The van der Waals surface area contributed by atoms with E-state index in [-0.39, 0.29) is 29.5 Å². The molecule has 32 heavy (non-hydrogen) atoms. The van der Waals surface area contributed by atoms with E-state index in [2.05, 4.69) is 16.0 Å². The number of anilines is 1. The number of benzene rings is 2. The summed E-state index contributed by atoms with van der Waals surface area (Å²) in [6.45, 7) is 2.03. The molecule has 1 aliphatic heterocycles. The van der Waals surface area contributed by atoms with E-state index in [0.717, 1.165) is 4.90 Å². The van der Waals surface area contributed by atoms with Crippen LogP contribution in [0.15, 0.2) is 58.2 Å². The fraction of sp³-hybridized carbons (Fsp3) is 0.227. The highest BCUT2D eigenvalue weighted by atomic mass is 32.2. The predicted octanol–water partition coefficient (Wildman–Crippen LogP) is 1.71. The quantitative estimate of drug-likeness (QED) is 0.571. The number of nitrogens with zero attached hydrogens (tertiary/aromatic N) is 3. The predicted molar refractivity (Wildman–Crippen MR) is 121 cm³/mol. The second-order valence-electron chi connectivity index (χ2n) is 7.16. The van der Waals surface area contributed by atoms with E-state index in [1.807, 2.05) is 19.1 Å². The van der Waals surface area contributed by atoms with E-state index in [1.165, 1.54) is 21.3 Å². The minimum absolute atomic E-state index is 0.0322. The van der Waals surface area contributed by atoms with Gasteiger partial charge in [-0.2, -0.15) is 5.10 Å². The van der Waals surface area contributed by atoms with Crippen LogP contribution in [0.3, 0.4) is 0 Å². The second kappa shape index (κ2) is 9.23. The van der Waals surface area contributed by atoms with Gasteiger partial charge >= 0.3 is 0 Å². The highest BCUT2D eigenvalue weighted by Gasteiger charge is 2.26. The zero-order chi connectivity index (χ0) is 22.7. The van der Waals surface area contributed by atoms with Crippen molar-refractivity contribution in [1.29, 1.82) is 0 Å². The number of fused-ring (bicyclic) bond motifs is 2. The Hall–Kier alpha value is -3.66. The Kier molecular flexibility index (Phi) is 6.22. The van der Waals surface area contributed by atoms with Crippen molar-refractivity contribution in [3.8, 4) is 0 Å². The molecule has 164 valence electrons. The molecule has 0 aliphatic carbocycles. The first kappa shape index (κ1) is 21.6. The lowest BCUT2D eigenvalue weighted by Gasteiger charge is -2.28. The van der Waals surface area contributed by atoms with E-state index >= 15 is 0 Å². The molecule has 10 heteroatoms. The van der Waals surface area contributed by atoms with E-state index in [4.69, 9.17) is 0 Å². The third-order valence-electron chi connectivity index (χ3n) is 4.94. The van der Waals surface area contributed by atoms with Gasteiger partial charge < -0.3 is 4.90 Å². The van der Waals surface area contributed by atoms with Gasteiger partial charge in [-0.25, -0.2) is 4.68 Å². The largest absolute Gasteiger partial charge is 0.301 e. The number of thioether (sulfide) groups is 1. The molecule has 3 aromatic rings. The summed E-state index contributed by atoms with van der Waals surface area (Å²) in [5.74, 6) is -1.15. The van der Waals surface area contributed by atoms with Crippen molar-refractivity contribution in [2.24, 2.45) is 0 Å². The van der Waals surface area contributed by atoms with Crippen LogP contribution in [0.25, 0.3) is 10.8 Å². The summed E-state index contributed by atoms with van der Waals surface area (Å²) >= 11 is 1.42. The van der Waals surface area contributed by atoms with Gasteiger partial charge in [-0.3, -0.25) is 30.0 Å². The van der Waals surface area contributed by atoms with Crippen molar-refractivity contribution in [2.75, 3.05) is 17.2 Å². The minimum Gasteiger partial charge on any atom is -0.301 e. The van der Waals surface area contributed by atoms with E-state index in [9.17, 15) is 19.2 Å². The number of hydrogen-bond acceptors (Lipinski definition) is 6. The minimum atomic E-state index is -0.652. The topological polar surface area (TPSA) is 113 Å². The van der Waals surface area contributed by atoms with E-state index in [1.54, 1.807) is 36.4 Å². The summed E-state index contributed by atoms with van der Waals surface area (Å²) in [5, 5.41) is 4.97. The Labute approximate surface area is 187 Å². The van der Waals surface area contributed by atoms with Crippen molar-refractivity contribution in [1.82, 2.24) is 20.6 Å². The molecular weight excluding hydrogens is 430 g/mol. The van der Waals surface area contributed by atoms with Crippen molar-refractivity contribution < 1.29 is 14.4 Å². The molecule has 2 heterocycles. The Morgan fingerprint density at radius 1 is 1.03 bits per heavy atom. The van der Waals surface area contributed by atoms with Gasteiger partial charge in [0.05, 0.1) is 16.8 Å². The van der Waals surface area contributed by atoms with Crippen LogP contribution < -0.4 is 21.3 Å². The van der Waals surface area contributed by atoms with Crippen molar-refractivity contribution in [3.63, 3.8) is 0 Å². The van der Waals surface area contributed by atoms with Crippen LogP contribution in [0, 0.1) is 0 Å². The van der Waals surface area contributed by atoms with Crippen LogP contribution >= 0.6 is 11.8 Å². The van der Waals surface area contributed by atoms with Crippen LogP contribution in [0.4, 0.5) is 5.69 Å². The fourth-order valence-corrected chi connectivity index (χ4v) is 4.40. The number of para-hydroxylation sites is 1. The maximum Gasteiger partial charge on any atom is 0.290 e. The lowest BCUT2D eigenvalue weighted by Crippen LogP contribution is -2.49. The molecular formula is C22H21N5O4S. The summed E-state index contributed by atoms with van der Waals surface area (Å²) < 4.78 is 1.25. The Balaban J connectivity index is 1.50. The zero-order valence-corrected chi connectivity index (χ0v) is 18.1. The average Bonchev–Trinajstić information content (AvgIpc) is 2.81. The molecule has 2 aromatic carbocycles. The van der Waals surface area contributed by atoms with Gasteiger partial charge in [0.2, 0.25) is 5.91 Å². The summed E-state index contributed by atoms with van der Waals surface area (Å²) in [4.78, 5) is 52.5. The molecule has 0 saturated carbocycles. The first-order valence-electron chi connectivity index (χ1n) is 10.1. The van der Waals surface area contributed by atoms with Crippen LogP contribution in [-0.4, -0.2) is 39.8 Å². The van der Waals surface area contributed by atoms with Gasteiger partial charge in [-0.05, 0) is 24.6 Å². The fourth-order valence-electron chi connectivity index (χ4n) is 3.46. The van der Waals surface area contributed by atoms with Crippen LogP contribution in [0.5, 0.6) is 0 Å². The molecule has 0 bridgehead atoms. The van der Waals surface area contributed by atoms with Gasteiger partial charge in [0.15, 0.2) is 5.69 Å². The summed E-state index contributed by atoms with van der Waals surface area (Å²) in [5.41, 5.74) is 5.11. The van der Waals surface area contributed by atoms with Gasteiger partial charge in [-0.1, -0.05) is 37.3 Å². The second-order valence-corrected chi connectivity index (χ2v) is 8.18. The lowest BCUT2D eigenvalue weighted by molar-refractivity contribution is -0.123. The molecule has 0 spiro atoms. The maximum absolute atomic E-state index is 12.8. The zero-order valence-electron chi connectivity index (χ0n) is 17.3. The number of amides is 3. The number of carbonyl (C=O) groups excluding carboxylic acids is 3. The number of nitrogens with one attached hydrogen (secondary N) is 2. The highest BCUT2D eigenvalue weighted by Crippen LogP contribution is 2.34. The lowest BCUT2D eigenvalue weighted by atomic mass is 10.1. The van der Waals surface area contributed by atoms with Gasteiger partial charge in [-0.15, -0.1) is 11.8 Å². The normalized spacial score (nSPS) is 13.0. The van der Waals surface area contributed by atoms with Gasteiger partial charge in [0.25, 0.3) is 17.4 Å². The SMILES string of the molecule is CCCn1nc(C(=O)NNC(=O)CN2C(=O)CSc3ccccc32)c2ccccc2c1=O. The van der Waals surface area contributed by atoms with Gasteiger partial charge in [0.1, 0.15) is 6.54 Å². The van der Waals surface area contributed by atoms with E-state index < -0.39 is 11.8 Å². The molecule has 9 nitrogen and oxygen atoms in total. The first-order valence-corrected chi connectivity index (χ1v) is 11.1. The summed E-state index contributed by atoms with van der Waals surface area (Å²) in [6, 6.07) is 14.0. The number of rotatable bonds is 5. The van der Waals surface area contributed by atoms with Crippen LogP contribution in [0.2, 0.25) is 0 Å². The summed E-state index contributed by atoms with van der Waals surface area (Å²) in [6.07, 6.45) is 0.673. The third-order valence-corrected chi connectivity index (χ3v) is 5.99. The Bertz CT molecular complexity index is 1270. The standard InChI is InChI=1S/C22H21N5O4S/c1-2-11-27-22(31)15-8-4-3-7-14(15)20(25-27)21(30)24-23-18(28)12-26-16-9-5-6-10-17(16)32-13-19(26)29/h3-10H,2,11-13H2,1H3,(H,23,28)(H,24,30). The molecule has 0 saturated heterocycles. The summed E-state index contributed by atoms with van der Waals surface area (Å²) in [7, 11) is 0. The van der Waals surface area contributed by atoms with Crippen molar-refractivity contribution in [3.05, 3.63) is 64.6 Å². The molecule has 2 N–H and O–H groups in total. The molecule has 4 rings (SSSR count). The molecule has 0 unspecified atom stereocenters.